The molecule has 0 aliphatic heterocycles. The molecule has 90 valence electrons. The lowest BCUT2D eigenvalue weighted by Crippen LogP contribution is -2.49. The Morgan fingerprint density at radius 2 is 1.80 bits per heavy atom. The molecule has 0 aromatic rings. The predicted molar refractivity (Wildman–Crippen MR) is 54.7 cm³/mol. The summed E-state index contributed by atoms with van der Waals surface area (Å²) in [7, 11) is 0. The number of alkyl halides is 3. The minimum absolute atomic E-state index is 0.0304. The SMILES string of the molecule is CCC(N(CC1CC1)C(C)C)C(F)(F)F. The van der Waals surface area contributed by atoms with E-state index in [1.807, 2.05) is 13.8 Å². The van der Waals surface area contributed by atoms with Crippen molar-refractivity contribution in [3.63, 3.8) is 0 Å². The zero-order valence-electron chi connectivity index (χ0n) is 9.64. The molecular weight excluding hydrogens is 203 g/mol. The van der Waals surface area contributed by atoms with Crippen LogP contribution < -0.4 is 0 Å². The fraction of sp³-hybridized carbons (Fsp3) is 1.00. The van der Waals surface area contributed by atoms with Gasteiger partial charge in [-0.15, -0.1) is 0 Å². The molecule has 1 saturated carbocycles. The summed E-state index contributed by atoms with van der Waals surface area (Å²) in [5, 5.41) is 0. The standard InChI is InChI=1S/C11H20F3N/c1-4-10(11(12,13)14)15(8(2)3)7-9-5-6-9/h8-10H,4-7H2,1-3H3. The van der Waals surface area contributed by atoms with Gasteiger partial charge in [0.2, 0.25) is 0 Å². The number of halogens is 3. The topological polar surface area (TPSA) is 3.24 Å². The van der Waals surface area contributed by atoms with Crippen LogP contribution in [0.1, 0.15) is 40.0 Å². The van der Waals surface area contributed by atoms with Crippen LogP contribution in [0.15, 0.2) is 0 Å². The van der Waals surface area contributed by atoms with Gasteiger partial charge >= 0.3 is 6.18 Å². The predicted octanol–water partition coefficient (Wildman–Crippen LogP) is 3.45. The molecule has 0 heterocycles. The molecule has 1 nitrogen and oxygen atoms in total. The highest BCUT2D eigenvalue weighted by Crippen LogP contribution is 2.35. The van der Waals surface area contributed by atoms with Crippen molar-refractivity contribution in [1.29, 1.82) is 0 Å². The maximum Gasteiger partial charge on any atom is 0.404 e. The molecule has 1 rings (SSSR count). The van der Waals surface area contributed by atoms with E-state index in [9.17, 15) is 13.2 Å². The molecule has 0 saturated heterocycles. The first-order valence-corrected chi connectivity index (χ1v) is 5.68. The van der Waals surface area contributed by atoms with Gasteiger partial charge in [-0.1, -0.05) is 6.92 Å². The van der Waals surface area contributed by atoms with Crippen LogP contribution in [0.4, 0.5) is 13.2 Å². The third kappa shape index (κ3) is 3.67. The van der Waals surface area contributed by atoms with Crippen LogP contribution >= 0.6 is 0 Å². The average Bonchev–Trinajstić information content (AvgIpc) is 2.84. The second kappa shape index (κ2) is 4.73. The molecule has 0 bridgehead atoms. The molecule has 15 heavy (non-hydrogen) atoms. The molecule has 4 heteroatoms. The van der Waals surface area contributed by atoms with E-state index in [1.165, 1.54) is 0 Å². The summed E-state index contributed by atoms with van der Waals surface area (Å²) in [6.07, 6.45) is -1.75. The summed E-state index contributed by atoms with van der Waals surface area (Å²) in [5.41, 5.74) is 0. The fourth-order valence-electron chi connectivity index (χ4n) is 1.95. The van der Waals surface area contributed by atoms with E-state index in [4.69, 9.17) is 0 Å². The van der Waals surface area contributed by atoms with E-state index < -0.39 is 12.2 Å². The van der Waals surface area contributed by atoms with Gasteiger partial charge in [0.05, 0.1) is 0 Å². The van der Waals surface area contributed by atoms with Gasteiger partial charge in [-0.25, -0.2) is 0 Å². The minimum Gasteiger partial charge on any atom is -0.290 e. The Morgan fingerprint density at radius 1 is 1.27 bits per heavy atom. The van der Waals surface area contributed by atoms with E-state index >= 15 is 0 Å². The van der Waals surface area contributed by atoms with E-state index in [0.29, 0.717) is 12.5 Å². The highest BCUT2D eigenvalue weighted by molar-refractivity contribution is 4.85. The maximum absolute atomic E-state index is 12.8. The van der Waals surface area contributed by atoms with Crippen molar-refractivity contribution in [2.24, 2.45) is 5.92 Å². The summed E-state index contributed by atoms with van der Waals surface area (Å²) < 4.78 is 38.3. The largest absolute Gasteiger partial charge is 0.404 e. The zero-order chi connectivity index (χ0) is 11.6. The molecule has 0 aromatic carbocycles. The van der Waals surface area contributed by atoms with Crippen molar-refractivity contribution in [2.45, 2.75) is 58.3 Å². The summed E-state index contributed by atoms with van der Waals surface area (Å²) in [6.45, 7) is 5.91. The third-order valence-electron chi connectivity index (χ3n) is 2.99. The molecule has 0 radical (unpaired) electrons. The van der Waals surface area contributed by atoms with Gasteiger partial charge in [0, 0.05) is 12.6 Å². The van der Waals surface area contributed by atoms with Gasteiger partial charge in [0.25, 0.3) is 0 Å². The maximum atomic E-state index is 12.8. The second-order valence-corrected chi connectivity index (χ2v) is 4.70. The van der Waals surface area contributed by atoms with Crippen molar-refractivity contribution in [1.82, 2.24) is 4.90 Å². The lowest BCUT2D eigenvalue weighted by Gasteiger charge is -2.35. The summed E-state index contributed by atoms with van der Waals surface area (Å²) in [6, 6.07) is -1.30. The fourth-order valence-corrected chi connectivity index (χ4v) is 1.95. The number of rotatable bonds is 5. The summed E-state index contributed by atoms with van der Waals surface area (Å²) >= 11 is 0. The molecule has 1 fully saturated rings. The highest BCUT2D eigenvalue weighted by atomic mass is 19.4. The Bertz CT molecular complexity index is 196. The second-order valence-electron chi connectivity index (χ2n) is 4.70. The zero-order valence-corrected chi connectivity index (χ0v) is 9.64. The van der Waals surface area contributed by atoms with Crippen LogP contribution in [0.3, 0.4) is 0 Å². The molecule has 0 N–H and O–H groups in total. The Kier molecular flexibility index (Phi) is 4.04. The van der Waals surface area contributed by atoms with Gasteiger partial charge < -0.3 is 0 Å². The first-order valence-electron chi connectivity index (χ1n) is 5.68. The van der Waals surface area contributed by atoms with Crippen LogP contribution in [0.5, 0.6) is 0 Å². The number of nitrogens with zero attached hydrogens (tertiary/aromatic N) is 1. The van der Waals surface area contributed by atoms with Gasteiger partial charge in [0.15, 0.2) is 0 Å². The molecule has 0 aromatic heterocycles. The number of hydrogen-bond acceptors (Lipinski definition) is 1. The van der Waals surface area contributed by atoms with Crippen LogP contribution in [0, 0.1) is 5.92 Å². The quantitative estimate of drug-likeness (QED) is 0.690. The lowest BCUT2D eigenvalue weighted by molar-refractivity contribution is -0.189. The Balaban J connectivity index is 2.65. The minimum atomic E-state index is -4.09. The average molecular weight is 223 g/mol. The monoisotopic (exact) mass is 223 g/mol. The summed E-state index contributed by atoms with van der Waals surface area (Å²) in [4.78, 5) is 1.61. The van der Waals surface area contributed by atoms with Crippen LogP contribution in [-0.4, -0.2) is 29.7 Å². The Labute approximate surface area is 89.6 Å². The van der Waals surface area contributed by atoms with Gasteiger partial charge in [0.1, 0.15) is 6.04 Å². The van der Waals surface area contributed by atoms with Crippen molar-refractivity contribution in [3.8, 4) is 0 Å². The van der Waals surface area contributed by atoms with Gasteiger partial charge in [-0.3, -0.25) is 4.90 Å². The Morgan fingerprint density at radius 3 is 2.07 bits per heavy atom. The molecule has 1 aliphatic rings. The van der Waals surface area contributed by atoms with Crippen molar-refractivity contribution >= 4 is 0 Å². The van der Waals surface area contributed by atoms with Crippen molar-refractivity contribution < 1.29 is 13.2 Å². The Hall–Kier alpha value is -0.250. The van der Waals surface area contributed by atoms with E-state index in [2.05, 4.69) is 0 Å². The summed E-state index contributed by atoms with van der Waals surface area (Å²) in [5.74, 6) is 0.504. The normalized spacial score (nSPS) is 20.0. The molecule has 1 atom stereocenters. The molecule has 0 amide bonds. The van der Waals surface area contributed by atoms with E-state index in [1.54, 1.807) is 11.8 Å². The van der Waals surface area contributed by atoms with Gasteiger partial charge in [-0.05, 0) is 39.0 Å². The smallest absolute Gasteiger partial charge is 0.290 e. The first-order chi connectivity index (χ1) is 6.86. The van der Waals surface area contributed by atoms with Crippen LogP contribution in [0.25, 0.3) is 0 Å². The lowest BCUT2D eigenvalue weighted by atomic mass is 10.1. The van der Waals surface area contributed by atoms with Gasteiger partial charge in [-0.2, -0.15) is 13.2 Å². The van der Waals surface area contributed by atoms with Crippen LogP contribution in [-0.2, 0) is 0 Å². The molecular formula is C11H20F3N. The molecule has 1 unspecified atom stereocenters. The van der Waals surface area contributed by atoms with E-state index in [-0.39, 0.29) is 12.5 Å². The third-order valence-corrected chi connectivity index (χ3v) is 2.99. The highest BCUT2D eigenvalue weighted by Gasteiger charge is 2.44. The molecule has 1 aliphatic carbocycles. The van der Waals surface area contributed by atoms with E-state index in [0.717, 1.165) is 12.8 Å². The molecule has 0 spiro atoms. The van der Waals surface area contributed by atoms with Crippen molar-refractivity contribution in [2.75, 3.05) is 6.54 Å². The van der Waals surface area contributed by atoms with Crippen LogP contribution in [0.2, 0.25) is 0 Å². The number of hydrogen-bond donors (Lipinski definition) is 0. The first kappa shape index (κ1) is 12.8. The van der Waals surface area contributed by atoms with Crippen molar-refractivity contribution in [3.05, 3.63) is 0 Å².